The Morgan fingerprint density at radius 2 is 0.631 bits per heavy atom. The highest BCUT2D eigenvalue weighted by Crippen LogP contribution is 2.18. The van der Waals surface area contributed by atoms with Crippen LogP contribution >= 0.6 is 0 Å². The maximum Gasteiger partial charge on any atom is 0.305 e. The van der Waals surface area contributed by atoms with Crippen LogP contribution in [0.15, 0.2) is 0 Å². The van der Waals surface area contributed by atoms with Gasteiger partial charge in [0.25, 0.3) is 0 Å². The average molecular weight is 921 g/mol. The van der Waals surface area contributed by atoms with Gasteiger partial charge in [0.05, 0.1) is 25.4 Å². The highest BCUT2D eigenvalue weighted by Gasteiger charge is 2.20. The van der Waals surface area contributed by atoms with Crippen LogP contribution in [0.5, 0.6) is 0 Å². The lowest BCUT2D eigenvalue weighted by Gasteiger charge is -2.22. The molecule has 0 aromatic heterocycles. The van der Waals surface area contributed by atoms with Crippen molar-refractivity contribution >= 4 is 11.9 Å². The third-order valence-corrected chi connectivity index (χ3v) is 14.2. The molecule has 0 heterocycles. The first kappa shape index (κ1) is 63.9. The Hall–Kier alpha value is -1.14. The minimum absolute atomic E-state index is 0.0167. The second kappa shape index (κ2) is 55.5. The van der Waals surface area contributed by atoms with E-state index < -0.39 is 12.1 Å². The maximum atomic E-state index is 12.4. The van der Waals surface area contributed by atoms with Gasteiger partial charge < -0.3 is 20.3 Å². The monoisotopic (exact) mass is 920 g/mol. The SMILES string of the molecule is CCCCCCCCCCCCCCCCCCCC(=O)OCCCCCCCCCCCCCCCCCCCCCCCC(=O)NC(CO)C(O)CCCCCCCCCCCC. The third-order valence-electron chi connectivity index (χ3n) is 14.2. The van der Waals surface area contributed by atoms with Crippen molar-refractivity contribution < 1.29 is 24.5 Å². The fourth-order valence-electron chi connectivity index (χ4n) is 9.58. The Balaban J connectivity index is 3.33. The number of hydrogen-bond donors (Lipinski definition) is 3. The molecule has 0 aliphatic rings. The molecule has 0 bridgehead atoms. The van der Waals surface area contributed by atoms with Crippen molar-refractivity contribution in [3.8, 4) is 0 Å². The van der Waals surface area contributed by atoms with Crippen LogP contribution in [0.2, 0.25) is 0 Å². The molecule has 388 valence electrons. The smallest absolute Gasteiger partial charge is 0.305 e. The Morgan fingerprint density at radius 1 is 0.369 bits per heavy atom. The van der Waals surface area contributed by atoms with Crippen molar-refractivity contribution in [1.29, 1.82) is 0 Å². The number of aliphatic hydroxyl groups excluding tert-OH is 2. The zero-order valence-corrected chi connectivity index (χ0v) is 44.3. The van der Waals surface area contributed by atoms with E-state index in [1.165, 1.54) is 270 Å². The Labute approximate surface area is 406 Å². The van der Waals surface area contributed by atoms with E-state index in [2.05, 4.69) is 19.2 Å². The van der Waals surface area contributed by atoms with Crippen molar-refractivity contribution in [1.82, 2.24) is 5.32 Å². The van der Waals surface area contributed by atoms with Gasteiger partial charge in [0.2, 0.25) is 5.91 Å². The van der Waals surface area contributed by atoms with Gasteiger partial charge in [0.15, 0.2) is 0 Å². The lowest BCUT2D eigenvalue weighted by molar-refractivity contribution is -0.143. The van der Waals surface area contributed by atoms with Crippen LogP contribution in [-0.2, 0) is 14.3 Å². The fourth-order valence-corrected chi connectivity index (χ4v) is 9.58. The van der Waals surface area contributed by atoms with E-state index in [1.54, 1.807) is 0 Å². The predicted octanol–water partition coefficient (Wildman–Crippen LogP) is 18.3. The number of carbonyl (C=O) groups is 2. The van der Waals surface area contributed by atoms with E-state index >= 15 is 0 Å². The summed E-state index contributed by atoms with van der Waals surface area (Å²) in [6.45, 7) is 4.96. The number of carbonyl (C=O) groups excluding carboxylic acids is 2. The molecule has 2 atom stereocenters. The molecule has 65 heavy (non-hydrogen) atoms. The zero-order valence-electron chi connectivity index (χ0n) is 44.3. The highest BCUT2D eigenvalue weighted by molar-refractivity contribution is 5.76. The summed E-state index contributed by atoms with van der Waals surface area (Å²) in [5.74, 6) is -0.0191. The summed E-state index contributed by atoms with van der Waals surface area (Å²) in [5, 5.41) is 23.1. The lowest BCUT2D eigenvalue weighted by Crippen LogP contribution is -2.45. The molecule has 0 aliphatic heterocycles. The Bertz CT molecular complexity index is 928. The molecule has 6 heteroatoms. The number of nitrogens with one attached hydrogen (secondary N) is 1. The molecule has 0 radical (unpaired) electrons. The van der Waals surface area contributed by atoms with Crippen LogP contribution in [0.3, 0.4) is 0 Å². The largest absolute Gasteiger partial charge is 0.466 e. The first-order valence-corrected chi connectivity index (χ1v) is 29.8. The van der Waals surface area contributed by atoms with Crippen LogP contribution in [-0.4, -0.2) is 47.4 Å². The van der Waals surface area contributed by atoms with Crippen molar-refractivity contribution in [3.05, 3.63) is 0 Å². The Kier molecular flexibility index (Phi) is 54.5. The number of unbranched alkanes of at least 4 members (excludes halogenated alkanes) is 45. The standard InChI is InChI=1S/C59H117NO5/c1-3-5-7-9-11-13-15-16-17-23-27-30-33-37-41-45-49-53-59(64)65-54-50-46-42-38-34-31-28-25-22-20-18-19-21-24-26-29-32-36-40-44-48-52-58(63)60-56(55-61)57(62)51-47-43-39-35-14-12-10-8-6-4-2/h56-57,61-62H,3-55H2,1-2H3,(H,60,63). The third kappa shape index (κ3) is 52.1. The number of ether oxygens (including phenoxy) is 1. The highest BCUT2D eigenvalue weighted by atomic mass is 16.5. The summed E-state index contributed by atoms with van der Waals surface area (Å²) < 4.78 is 5.50. The molecule has 0 saturated carbocycles. The lowest BCUT2D eigenvalue weighted by atomic mass is 10.0. The minimum Gasteiger partial charge on any atom is -0.466 e. The molecule has 2 unspecified atom stereocenters. The van der Waals surface area contributed by atoms with E-state index in [0.29, 0.717) is 25.9 Å². The maximum absolute atomic E-state index is 12.4. The molecule has 0 spiro atoms. The number of hydrogen-bond acceptors (Lipinski definition) is 5. The van der Waals surface area contributed by atoms with Gasteiger partial charge >= 0.3 is 5.97 Å². The van der Waals surface area contributed by atoms with E-state index in [4.69, 9.17) is 4.74 Å². The fraction of sp³-hybridized carbons (Fsp3) is 0.966. The van der Waals surface area contributed by atoms with Crippen molar-refractivity contribution in [3.63, 3.8) is 0 Å². The first-order valence-electron chi connectivity index (χ1n) is 29.8. The van der Waals surface area contributed by atoms with Gasteiger partial charge in [-0.3, -0.25) is 9.59 Å². The van der Waals surface area contributed by atoms with Crippen LogP contribution in [0.25, 0.3) is 0 Å². The van der Waals surface area contributed by atoms with Crippen molar-refractivity contribution in [2.45, 2.75) is 353 Å². The summed E-state index contributed by atoms with van der Waals surface area (Å²) in [4.78, 5) is 24.5. The van der Waals surface area contributed by atoms with Gasteiger partial charge in [-0.15, -0.1) is 0 Å². The van der Waals surface area contributed by atoms with E-state index in [-0.39, 0.29) is 18.5 Å². The summed E-state index contributed by atoms with van der Waals surface area (Å²) >= 11 is 0. The molecule has 1 amide bonds. The van der Waals surface area contributed by atoms with Crippen molar-refractivity contribution in [2.75, 3.05) is 13.2 Å². The number of rotatable bonds is 56. The molecule has 0 aliphatic carbocycles. The van der Waals surface area contributed by atoms with Crippen LogP contribution in [0, 0.1) is 0 Å². The first-order chi connectivity index (χ1) is 32.0. The number of amides is 1. The molecular formula is C59H117NO5. The zero-order chi connectivity index (χ0) is 47.2. The van der Waals surface area contributed by atoms with E-state index in [0.717, 1.165) is 38.5 Å². The van der Waals surface area contributed by atoms with Crippen LogP contribution in [0.4, 0.5) is 0 Å². The summed E-state index contributed by atoms with van der Waals surface area (Å²) in [6, 6.07) is -0.539. The van der Waals surface area contributed by atoms with E-state index in [9.17, 15) is 19.8 Å². The topological polar surface area (TPSA) is 95.9 Å². The van der Waals surface area contributed by atoms with Crippen LogP contribution in [0.1, 0.15) is 341 Å². The molecule has 3 N–H and O–H groups in total. The number of esters is 1. The summed E-state index contributed by atoms with van der Waals surface area (Å²) in [7, 11) is 0. The average Bonchev–Trinajstić information content (AvgIpc) is 3.31. The summed E-state index contributed by atoms with van der Waals surface area (Å²) in [5.41, 5.74) is 0. The molecule has 0 rings (SSSR count). The molecular weight excluding hydrogens is 803 g/mol. The molecule has 0 fully saturated rings. The van der Waals surface area contributed by atoms with Gasteiger partial charge in [0.1, 0.15) is 0 Å². The quantitative estimate of drug-likeness (QED) is 0.0417. The Morgan fingerprint density at radius 3 is 0.938 bits per heavy atom. The van der Waals surface area contributed by atoms with Crippen LogP contribution < -0.4 is 5.32 Å². The second-order valence-electron chi connectivity index (χ2n) is 20.7. The molecule has 0 aromatic rings. The summed E-state index contributed by atoms with van der Waals surface area (Å²) in [6.07, 6.45) is 64.0. The molecule has 0 saturated heterocycles. The molecule has 6 nitrogen and oxygen atoms in total. The minimum atomic E-state index is -0.661. The van der Waals surface area contributed by atoms with Gasteiger partial charge in [0, 0.05) is 12.8 Å². The van der Waals surface area contributed by atoms with Gasteiger partial charge in [-0.05, 0) is 25.7 Å². The van der Waals surface area contributed by atoms with Gasteiger partial charge in [-0.25, -0.2) is 0 Å². The van der Waals surface area contributed by atoms with Gasteiger partial charge in [-0.1, -0.05) is 303 Å². The number of aliphatic hydroxyl groups is 2. The van der Waals surface area contributed by atoms with E-state index in [1.807, 2.05) is 0 Å². The second-order valence-corrected chi connectivity index (χ2v) is 20.7. The van der Waals surface area contributed by atoms with Gasteiger partial charge in [-0.2, -0.15) is 0 Å². The predicted molar refractivity (Wildman–Crippen MR) is 283 cm³/mol. The normalized spacial score (nSPS) is 12.5. The molecule has 0 aromatic carbocycles. The van der Waals surface area contributed by atoms with Crippen molar-refractivity contribution in [2.24, 2.45) is 0 Å².